The zero-order valence-electron chi connectivity index (χ0n) is 9.73. The van der Waals surface area contributed by atoms with E-state index in [-0.39, 0.29) is 18.7 Å². The molecule has 1 unspecified atom stereocenters. The van der Waals surface area contributed by atoms with E-state index in [2.05, 4.69) is 5.10 Å². The molecular formula is C12H12F2N2O2. The molecule has 1 N–H and O–H groups in total. The first kappa shape index (κ1) is 12.6. The van der Waals surface area contributed by atoms with Crippen LogP contribution in [0.1, 0.15) is 13.3 Å². The van der Waals surface area contributed by atoms with E-state index in [9.17, 15) is 13.6 Å². The number of carbonyl (C=O) groups excluding carboxylic acids is 1. The maximum atomic E-state index is 13.6. The Labute approximate surface area is 103 Å². The van der Waals surface area contributed by atoms with Crippen molar-refractivity contribution in [2.45, 2.75) is 13.3 Å². The standard InChI is InChI=1S/C12H12F2N2O2/c1-7-9(4-5-17)12(18)16(15-7)11-3-2-8(13)6-10(11)14/h2-3,6,9,17H,4-5H2,1H3. The number of hydrazone groups is 1. The van der Waals surface area contributed by atoms with Crippen LogP contribution in [-0.4, -0.2) is 23.3 Å². The van der Waals surface area contributed by atoms with Crippen molar-refractivity contribution in [2.75, 3.05) is 11.6 Å². The molecular weight excluding hydrogens is 242 g/mol. The molecule has 1 amide bonds. The Morgan fingerprint density at radius 2 is 2.17 bits per heavy atom. The van der Waals surface area contributed by atoms with E-state index in [1.165, 1.54) is 6.07 Å². The Hall–Kier alpha value is -1.82. The summed E-state index contributed by atoms with van der Waals surface area (Å²) in [5, 5.41) is 13.7. The van der Waals surface area contributed by atoms with E-state index in [1.807, 2.05) is 0 Å². The van der Waals surface area contributed by atoms with Gasteiger partial charge in [0.1, 0.15) is 11.5 Å². The Bertz CT molecular complexity index is 517. The summed E-state index contributed by atoms with van der Waals surface area (Å²) < 4.78 is 26.4. The second-order valence-corrected chi connectivity index (χ2v) is 4.05. The van der Waals surface area contributed by atoms with Crippen LogP contribution in [0.2, 0.25) is 0 Å². The zero-order chi connectivity index (χ0) is 13.3. The lowest BCUT2D eigenvalue weighted by Crippen LogP contribution is -2.28. The predicted molar refractivity (Wildman–Crippen MR) is 62.1 cm³/mol. The number of amides is 1. The average Bonchev–Trinajstić information content (AvgIpc) is 2.58. The third-order valence-corrected chi connectivity index (χ3v) is 2.82. The van der Waals surface area contributed by atoms with Crippen LogP contribution in [0.4, 0.5) is 14.5 Å². The van der Waals surface area contributed by atoms with Crippen molar-refractivity contribution in [2.24, 2.45) is 11.0 Å². The lowest BCUT2D eigenvalue weighted by molar-refractivity contribution is -0.120. The molecule has 1 heterocycles. The second kappa shape index (κ2) is 4.81. The van der Waals surface area contributed by atoms with Gasteiger partial charge in [-0.3, -0.25) is 4.79 Å². The minimum Gasteiger partial charge on any atom is -0.396 e. The summed E-state index contributed by atoms with van der Waals surface area (Å²) >= 11 is 0. The maximum Gasteiger partial charge on any atom is 0.256 e. The van der Waals surface area contributed by atoms with E-state index in [4.69, 9.17) is 5.11 Å². The molecule has 96 valence electrons. The van der Waals surface area contributed by atoms with Crippen molar-refractivity contribution < 1.29 is 18.7 Å². The first-order chi connectivity index (χ1) is 8.54. The number of hydrogen-bond donors (Lipinski definition) is 1. The fourth-order valence-corrected chi connectivity index (χ4v) is 1.89. The SMILES string of the molecule is CC1=NN(c2ccc(F)cc2F)C(=O)C1CCO. The zero-order valence-corrected chi connectivity index (χ0v) is 9.73. The van der Waals surface area contributed by atoms with Crippen LogP contribution in [-0.2, 0) is 4.79 Å². The fourth-order valence-electron chi connectivity index (χ4n) is 1.89. The number of hydrogen-bond acceptors (Lipinski definition) is 3. The molecule has 0 bridgehead atoms. The van der Waals surface area contributed by atoms with Gasteiger partial charge in [-0.1, -0.05) is 0 Å². The molecule has 1 aromatic carbocycles. The lowest BCUT2D eigenvalue weighted by Gasteiger charge is -2.14. The summed E-state index contributed by atoms with van der Waals surface area (Å²) in [6.07, 6.45) is 0.244. The fraction of sp³-hybridized carbons (Fsp3) is 0.333. The molecule has 0 saturated heterocycles. The van der Waals surface area contributed by atoms with Gasteiger partial charge in [0, 0.05) is 18.4 Å². The van der Waals surface area contributed by atoms with Crippen LogP contribution < -0.4 is 5.01 Å². The Balaban J connectivity index is 2.33. The van der Waals surface area contributed by atoms with Gasteiger partial charge in [-0.2, -0.15) is 10.1 Å². The predicted octanol–water partition coefficient (Wildman–Crippen LogP) is 1.69. The minimum atomic E-state index is -0.843. The van der Waals surface area contributed by atoms with Crippen LogP contribution in [0.3, 0.4) is 0 Å². The van der Waals surface area contributed by atoms with Crippen LogP contribution in [0.15, 0.2) is 23.3 Å². The molecule has 0 aliphatic carbocycles. The average molecular weight is 254 g/mol. The molecule has 0 aromatic heterocycles. The minimum absolute atomic E-state index is 0.0822. The Morgan fingerprint density at radius 3 is 2.78 bits per heavy atom. The van der Waals surface area contributed by atoms with Gasteiger partial charge in [0.15, 0.2) is 5.82 Å². The highest BCUT2D eigenvalue weighted by Gasteiger charge is 2.34. The highest BCUT2D eigenvalue weighted by molar-refractivity contribution is 6.14. The first-order valence-corrected chi connectivity index (χ1v) is 5.49. The summed E-state index contributed by atoms with van der Waals surface area (Å²) in [6, 6.07) is 2.93. The van der Waals surface area contributed by atoms with E-state index >= 15 is 0 Å². The summed E-state index contributed by atoms with van der Waals surface area (Å²) in [6.45, 7) is 1.49. The number of aliphatic hydroxyl groups excluding tert-OH is 1. The lowest BCUT2D eigenvalue weighted by atomic mass is 10.0. The van der Waals surface area contributed by atoms with Crippen LogP contribution in [0, 0.1) is 17.6 Å². The van der Waals surface area contributed by atoms with Gasteiger partial charge in [0.25, 0.3) is 5.91 Å². The summed E-state index contributed by atoms with van der Waals surface area (Å²) in [4.78, 5) is 12.0. The van der Waals surface area contributed by atoms with Gasteiger partial charge in [0.2, 0.25) is 0 Å². The molecule has 1 atom stereocenters. The number of nitrogens with zero attached hydrogens (tertiary/aromatic N) is 2. The van der Waals surface area contributed by atoms with Crippen molar-refractivity contribution in [3.05, 3.63) is 29.8 Å². The van der Waals surface area contributed by atoms with Crippen molar-refractivity contribution in [3.8, 4) is 0 Å². The highest BCUT2D eigenvalue weighted by atomic mass is 19.1. The molecule has 18 heavy (non-hydrogen) atoms. The topological polar surface area (TPSA) is 52.9 Å². The number of aliphatic hydroxyl groups is 1. The van der Waals surface area contributed by atoms with Crippen LogP contribution in [0.5, 0.6) is 0 Å². The number of benzene rings is 1. The molecule has 2 rings (SSSR count). The number of carbonyl (C=O) groups is 1. The van der Waals surface area contributed by atoms with Crippen molar-refractivity contribution in [1.82, 2.24) is 0 Å². The maximum absolute atomic E-state index is 13.6. The van der Waals surface area contributed by atoms with Gasteiger partial charge >= 0.3 is 0 Å². The highest BCUT2D eigenvalue weighted by Crippen LogP contribution is 2.28. The van der Waals surface area contributed by atoms with Gasteiger partial charge in [-0.05, 0) is 25.5 Å². The summed E-state index contributed by atoms with van der Waals surface area (Å²) in [7, 11) is 0. The summed E-state index contributed by atoms with van der Waals surface area (Å²) in [5.41, 5.74) is 0.430. The van der Waals surface area contributed by atoms with Crippen molar-refractivity contribution in [3.63, 3.8) is 0 Å². The molecule has 6 heteroatoms. The Kier molecular flexibility index (Phi) is 3.38. The third-order valence-electron chi connectivity index (χ3n) is 2.82. The number of halogens is 2. The smallest absolute Gasteiger partial charge is 0.256 e. The summed E-state index contributed by atoms with van der Waals surface area (Å²) in [5.74, 6) is -2.51. The largest absolute Gasteiger partial charge is 0.396 e. The molecule has 1 aliphatic rings. The monoisotopic (exact) mass is 254 g/mol. The molecule has 4 nitrogen and oxygen atoms in total. The molecule has 1 aromatic rings. The molecule has 0 radical (unpaired) electrons. The quantitative estimate of drug-likeness (QED) is 0.892. The van der Waals surface area contributed by atoms with Crippen molar-refractivity contribution >= 4 is 17.3 Å². The molecule has 0 spiro atoms. The van der Waals surface area contributed by atoms with Gasteiger partial charge in [-0.25, -0.2) is 8.78 Å². The molecule has 0 fully saturated rings. The van der Waals surface area contributed by atoms with Crippen LogP contribution >= 0.6 is 0 Å². The third kappa shape index (κ3) is 2.11. The Morgan fingerprint density at radius 1 is 1.44 bits per heavy atom. The normalized spacial score (nSPS) is 19.3. The van der Waals surface area contributed by atoms with Gasteiger partial charge in [-0.15, -0.1) is 0 Å². The van der Waals surface area contributed by atoms with Gasteiger partial charge in [0.05, 0.1) is 5.92 Å². The van der Waals surface area contributed by atoms with E-state index in [1.54, 1.807) is 6.92 Å². The number of anilines is 1. The van der Waals surface area contributed by atoms with E-state index in [0.29, 0.717) is 11.8 Å². The van der Waals surface area contributed by atoms with E-state index < -0.39 is 23.5 Å². The van der Waals surface area contributed by atoms with Crippen molar-refractivity contribution in [1.29, 1.82) is 0 Å². The van der Waals surface area contributed by atoms with E-state index in [0.717, 1.165) is 11.1 Å². The second-order valence-electron chi connectivity index (χ2n) is 4.05. The first-order valence-electron chi connectivity index (χ1n) is 5.49. The molecule has 0 saturated carbocycles. The van der Waals surface area contributed by atoms with Gasteiger partial charge < -0.3 is 5.11 Å². The van der Waals surface area contributed by atoms with Crippen LogP contribution in [0.25, 0.3) is 0 Å². The number of rotatable bonds is 3. The molecule has 1 aliphatic heterocycles.